The third kappa shape index (κ3) is 3.09. The molecule has 3 N–H and O–H groups in total. The summed E-state index contributed by atoms with van der Waals surface area (Å²) in [6, 6.07) is -0.259. The number of rotatable bonds is 5. The number of likely N-dealkylation sites (tertiary alicyclic amines) is 1. The minimum absolute atomic E-state index is 0.0240. The second-order valence-corrected chi connectivity index (χ2v) is 9.44. The SMILES string of the molecule is CC(CN)CNC(=O)C1CCCN1C(=O)C12CC3CC(CC(C3)C1)C2. The minimum Gasteiger partial charge on any atom is -0.354 e. The van der Waals surface area contributed by atoms with Gasteiger partial charge in [0.1, 0.15) is 6.04 Å². The Kier molecular flexibility index (Phi) is 4.55. The van der Waals surface area contributed by atoms with Crippen molar-refractivity contribution in [2.45, 2.75) is 64.3 Å². The molecule has 0 aromatic carbocycles. The smallest absolute Gasteiger partial charge is 0.242 e. The van der Waals surface area contributed by atoms with Crippen LogP contribution in [0.25, 0.3) is 0 Å². The number of carbonyl (C=O) groups excluding carboxylic acids is 2. The third-order valence-corrected chi connectivity index (χ3v) is 7.34. The number of amides is 2. The molecule has 4 bridgehead atoms. The van der Waals surface area contributed by atoms with E-state index in [4.69, 9.17) is 5.73 Å². The van der Waals surface area contributed by atoms with Crippen molar-refractivity contribution in [3.63, 3.8) is 0 Å². The zero-order valence-electron chi connectivity index (χ0n) is 15.5. The monoisotopic (exact) mass is 347 g/mol. The van der Waals surface area contributed by atoms with E-state index in [0.717, 1.165) is 56.4 Å². The lowest BCUT2D eigenvalue weighted by atomic mass is 9.49. The molecule has 1 heterocycles. The van der Waals surface area contributed by atoms with E-state index in [-0.39, 0.29) is 23.3 Å². The normalized spacial score (nSPS) is 40.3. The van der Waals surface area contributed by atoms with Crippen molar-refractivity contribution in [1.29, 1.82) is 0 Å². The molecule has 0 aromatic rings. The highest BCUT2D eigenvalue weighted by atomic mass is 16.2. The predicted molar refractivity (Wildman–Crippen MR) is 96.6 cm³/mol. The van der Waals surface area contributed by atoms with Gasteiger partial charge in [-0.3, -0.25) is 9.59 Å². The number of carbonyl (C=O) groups is 2. The van der Waals surface area contributed by atoms with Crippen LogP contribution in [0.2, 0.25) is 0 Å². The molecule has 0 aromatic heterocycles. The molecule has 5 fully saturated rings. The number of hydrogen-bond donors (Lipinski definition) is 2. The molecule has 0 spiro atoms. The standard InChI is InChI=1S/C20H33N3O2/c1-13(11-21)12-22-18(24)17-3-2-4-23(17)19(25)20-8-14-5-15(9-20)7-16(6-14)10-20/h13-17H,2-12,21H2,1H3,(H,22,24). The summed E-state index contributed by atoms with van der Waals surface area (Å²) in [6.07, 6.45) is 9.00. The van der Waals surface area contributed by atoms with Crippen molar-refractivity contribution in [1.82, 2.24) is 10.2 Å². The molecular weight excluding hydrogens is 314 g/mol. The average Bonchev–Trinajstić information content (AvgIpc) is 3.07. The van der Waals surface area contributed by atoms with E-state index < -0.39 is 0 Å². The van der Waals surface area contributed by atoms with Crippen LogP contribution in [0.1, 0.15) is 58.3 Å². The summed E-state index contributed by atoms with van der Waals surface area (Å²) in [5.41, 5.74) is 5.50. The summed E-state index contributed by atoms with van der Waals surface area (Å²) >= 11 is 0. The summed E-state index contributed by atoms with van der Waals surface area (Å²) in [4.78, 5) is 28.1. The van der Waals surface area contributed by atoms with Crippen LogP contribution in [0.15, 0.2) is 0 Å². The Morgan fingerprint density at radius 3 is 2.32 bits per heavy atom. The van der Waals surface area contributed by atoms with Gasteiger partial charge in [-0.05, 0) is 81.6 Å². The topological polar surface area (TPSA) is 75.4 Å². The lowest BCUT2D eigenvalue weighted by Gasteiger charge is -2.56. The van der Waals surface area contributed by atoms with Crippen molar-refractivity contribution >= 4 is 11.8 Å². The van der Waals surface area contributed by atoms with Gasteiger partial charge < -0.3 is 16.0 Å². The first-order valence-corrected chi connectivity index (χ1v) is 10.3. The third-order valence-electron chi connectivity index (χ3n) is 7.34. The lowest BCUT2D eigenvalue weighted by Crippen LogP contribution is -2.57. The fraction of sp³-hybridized carbons (Fsp3) is 0.900. The van der Waals surface area contributed by atoms with Crippen LogP contribution >= 0.6 is 0 Å². The van der Waals surface area contributed by atoms with Crippen LogP contribution in [0.3, 0.4) is 0 Å². The van der Waals surface area contributed by atoms with E-state index in [2.05, 4.69) is 5.32 Å². The molecule has 2 atom stereocenters. The second-order valence-electron chi connectivity index (χ2n) is 9.44. The number of hydrogen-bond acceptors (Lipinski definition) is 3. The Balaban J connectivity index is 1.45. The summed E-state index contributed by atoms with van der Waals surface area (Å²) < 4.78 is 0. The first-order chi connectivity index (χ1) is 12.0. The molecule has 0 radical (unpaired) electrons. The molecule has 5 rings (SSSR count). The molecule has 1 saturated heterocycles. The van der Waals surface area contributed by atoms with Crippen molar-refractivity contribution in [2.24, 2.45) is 34.8 Å². The van der Waals surface area contributed by atoms with Gasteiger partial charge in [0.25, 0.3) is 0 Å². The number of nitrogens with zero attached hydrogens (tertiary/aromatic N) is 1. The molecule has 1 aliphatic heterocycles. The highest BCUT2D eigenvalue weighted by Gasteiger charge is 2.56. The van der Waals surface area contributed by atoms with Crippen LogP contribution in [0, 0.1) is 29.1 Å². The van der Waals surface area contributed by atoms with Crippen molar-refractivity contribution < 1.29 is 9.59 Å². The van der Waals surface area contributed by atoms with Crippen LogP contribution in [0.4, 0.5) is 0 Å². The number of nitrogens with two attached hydrogens (primary N) is 1. The molecule has 5 heteroatoms. The molecule has 2 amide bonds. The number of nitrogens with one attached hydrogen (secondary N) is 1. The first kappa shape index (κ1) is 17.3. The Labute approximate surface area is 151 Å². The van der Waals surface area contributed by atoms with Gasteiger partial charge in [0, 0.05) is 13.1 Å². The van der Waals surface area contributed by atoms with Crippen LogP contribution < -0.4 is 11.1 Å². The Morgan fingerprint density at radius 2 is 1.76 bits per heavy atom. The summed E-state index contributed by atoms with van der Waals surface area (Å²) in [5, 5.41) is 3.02. The fourth-order valence-electron chi connectivity index (χ4n) is 6.44. The van der Waals surface area contributed by atoms with E-state index >= 15 is 0 Å². The lowest BCUT2D eigenvalue weighted by molar-refractivity contribution is -0.160. The fourth-order valence-corrected chi connectivity index (χ4v) is 6.44. The summed E-state index contributed by atoms with van der Waals surface area (Å²) in [6.45, 7) is 3.96. The van der Waals surface area contributed by atoms with Gasteiger partial charge in [0.05, 0.1) is 5.41 Å². The molecular formula is C20H33N3O2. The predicted octanol–water partition coefficient (Wildman–Crippen LogP) is 1.90. The van der Waals surface area contributed by atoms with E-state index in [1.807, 2.05) is 11.8 Å². The molecule has 4 aliphatic carbocycles. The maximum Gasteiger partial charge on any atom is 0.242 e. The van der Waals surface area contributed by atoms with Gasteiger partial charge in [-0.1, -0.05) is 6.92 Å². The van der Waals surface area contributed by atoms with E-state index in [9.17, 15) is 9.59 Å². The molecule has 2 unspecified atom stereocenters. The van der Waals surface area contributed by atoms with Gasteiger partial charge in [0.15, 0.2) is 0 Å². The summed E-state index contributed by atoms with van der Waals surface area (Å²) in [5.74, 6) is 2.88. The van der Waals surface area contributed by atoms with Gasteiger partial charge in [-0.25, -0.2) is 0 Å². The van der Waals surface area contributed by atoms with Crippen LogP contribution in [-0.2, 0) is 9.59 Å². The zero-order valence-corrected chi connectivity index (χ0v) is 15.5. The van der Waals surface area contributed by atoms with Gasteiger partial charge in [0.2, 0.25) is 11.8 Å². The Morgan fingerprint density at radius 1 is 1.16 bits per heavy atom. The molecule has 5 aliphatic rings. The largest absolute Gasteiger partial charge is 0.354 e. The maximum absolute atomic E-state index is 13.5. The van der Waals surface area contributed by atoms with Gasteiger partial charge in [-0.15, -0.1) is 0 Å². The van der Waals surface area contributed by atoms with Crippen LogP contribution in [-0.4, -0.2) is 42.4 Å². The highest BCUT2D eigenvalue weighted by molar-refractivity contribution is 5.91. The molecule has 25 heavy (non-hydrogen) atoms. The first-order valence-electron chi connectivity index (χ1n) is 10.3. The minimum atomic E-state index is -0.259. The Hall–Kier alpha value is -1.10. The van der Waals surface area contributed by atoms with Gasteiger partial charge in [-0.2, -0.15) is 0 Å². The van der Waals surface area contributed by atoms with Crippen LogP contribution in [0.5, 0.6) is 0 Å². The van der Waals surface area contributed by atoms with Crippen molar-refractivity contribution in [2.75, 3.05) is 19.6 Å². The molecule has 140 valence electrons. The average molecular weight is 348 g/mol. The molecule has 4 saturated carbocycles. The highest BCUT2D eigenvalue weighted by Crippen LogP contribution is 2.60. The Bertz CT molecular complexity index is 512. The quantitative estimate of drug-likeness (QED) is 0.798. The summed E-state index contributed by atoms with van der Waals surface area (Å²) in [7, 11) is 0. The van der Waals surface area contributed by atoms with E-state index in [1.165, 1.54) is 19.3 Å². The van der Waals surface area contributed by atoms with E-state index in [1.54, 1.807) is 0 Å². The molecule has 5 nitrogen and oxygen atoms in total. The van der Waals surface area contributed by atoms with Gasteiger partial charge >= 0.3 is 0 Å². The maximum atomic E-state index is 13.5. The zero-order chi connectivity index (χ0) is 17.6. The van der Waals surface area contributed by atoms with Crippen molar-refractivity contribution in [3.05, 3.63) is 0 Å². The second kappa shape index (κ2) is 6.57. The van der Waals surface area contributed by atoms with Crippen molar-refractivity contribution in [3.8, 4) is 0 Å². The van der Waals surface area contributed by atoms with E-state index in [0.29, 0.717) is 19.0 Å².